The second kappa shape index (κ2) is 10.9. The van der Waals surface area contributed by atoms with E-state index in [1.54, 1.807) is 12.3 Å². The van der Waals surface area contributed by atoms with Crippen molar-refractivity contribution in [1.82, 2.24) is 19.6 Å². The molecule has 0 radical (unpaired) electrons. The van der Waals surface area contributed by atoms with Crippen LogP contribution in [0.4, 0.5) is 8.78 Å². The minimum atomic E-state index is -3.11. The Bertz CT molecular complexity index is 1440. The number of aromatic nitrogens is 2. The number of piperidine rings is 1. The van der Waals surface area contributed by atoms with Crippen molar-refractivity contribution in [2.24, 2.45) is 0 Å². The SMILES string of the molecule is COc1cc(-c2cnc3cc(O[C@@H]4C[C@H]5CC[C@@H](C4)N5CCC#N)ccn23)cc(OC(F)F)c1C(=O)NC1CC1. The normalized spacial score (nSPS) is 22.3. The summed E-state index contributed by atoms with van der Waals surface area (Å²) in [6.07, 6.45) is 9.97. The number of amides is 1. The van der Waals surface area contributed by atoms with Crippen LogP contribution in [0.2, 0.25) is 0 Å². The van der Waals surface area contributed by atoms with Crippen molar-refractivity contribution in [1.29, 1.82) is 5.26 Å². The standard InChI is InChI=1S/C29H31F2N5O4/c1-38-24-11-17(12-25(40-29(30)31)27(24)28(37)34-18-3-4-18)23-16-33-26-15-21(7-10-36(23)26)39-22-13-19-5-6-20(14-22)35(19)9-2-8-32/h7,10-12,15-16,18-20,22,29H,2-6,9,13-14H2,1H3,(H,34,37)/t19-,20+,22-. The maximum absolute atomic E-state index is 13.3. The van der Waals surface area contributed by atoms with Gasteiger partial charge in [0.1, 0.15) is 34.6 Å². The van der Waals surface area contributed by atoms with Crippen LogP contribution in [0, 0.1) is 11.3 Å². The lowest BCUT2D eigenvalue weighted by molar-refractivity contribution is -0.0502. The van der Waals surface area contributed by atoms with E-state index in [0.29, 0.717) is 41.2 Å². The molecule has 3 atom stereocenters. The molecule has 3 aromatic rings. The van der Waals surface area contributed by atoms with Crippen LogP contribution >= 0.6 is 0 Å². The lowest BCUT2D eigenvalue weighted by Crippen LogP contribution is -2.46. The van der Waals surface area contributed by atoms with Crippen molar-refractivity contribution in [3.05, 3.63) is 42.2 Å². The molecule has 6 rings (SSSR count). The van der Waals surface area contributed by atoms with E-state index in [4.69, 9.17) is 19.5 Å². The zero-order valence-corrected chi connectivity index (χ0v) is 22.2. The van der Waals surface area contributed by atoms with Gasteiger partial charge in [0.15, 0.2) is 0 Å². The van der Waals surface area contributed by atoms with Gasteiger partial charge in [0.05, 0.1) is 25.1 Å². The molecule has 1 N–H and O–H groups in total. The number of nitrogens with zero attached hydrogens (tertiary/aromatic N) is 4. The number of carbonyl (C=O) groups excluding carboxylic acids is 1. The van der Waals surface area contributed by atoms with Gasteiger partial charge in [-0.15, -0.1) is 0 Å². The number of hydrogen-bond acceptors (Lipinski definition) is 7. The zero-order chi connectivity index (χ0) is 27.8. The number of ether oxygens (including phenoxy) is 3. The van der Waals surface area contributed by atoms with Gasteiger partial charge in [-0.25, -0.2) is 4.98 Å². The number of methoxy groups -OCH3 is 1. The van der Waals surface area contributed by atoms with Crippen molar-refractivity contribution in [3.63, 3.8) is 0 Å². The van der Waals surface area contributed by atoms with Gasteiger partial charge in [-0.2, -0.15) is 14.0 Å². The Labute approximate surface area is 230 Å². The van der Waals surface area contributed by atoms with Crippen LogP contribution in [0.15, 0.2) is 36.7 Å². The van der Waals surface area contributed by atoms with Gasteiger partial charge in [0.2, 0.25) is 0 Å². The molecule has 3 fully saturated rings. The molecule has 2 aromatic heterocycles. The van der Waals surface area contributed by atoms with E-state index in [9.17, 15) is 13.6 Å². The first kappa shape index (κ1) is 26.3. The average Bonchev–Trinajstić information content (AvgIpc) is 3.59. The highest BCUT2D eigenvalue weighted by Gasteiger charge is 2.41. The molecular formula is C29H31F2N5O4. The van der Waals surface area contributed by atoms with E-state index < -0.39 is 12.5 Å². The van der Waals surface area contributed by atoms with Crippen LogP contribution in [-0.4, -0.2) is 64.7 Å². The Hall–Kier alpha value is -3.91. The average molecular weight is 552 g/mol. The molecule has 11 heteroatoms. The highest BCUT2D eigenvalue weighted by molar-refractivity contribution is 6.01. The highest BCUT2D eigenvalue weighted by atomic mass is 19.3. The van der Waals surface area contributed by atoms with E-state index in [1.807, 2.05) is 22.7 Å². The van der Waals surface area contributed by atoms with Gasteiger partial charge in [0.25, 0.3) is 5.91 Å². The minimum absolute atomic E-state index is 0.0396. The fraction of sp³-hybridized carbons (Fsp3) is 0.483. The fourth-order valence-electron chi connectivity index (χ4n) is 6.10. The summed E-state index contributed by atoms with van der Waals surface area (Å²) in [5, 5.41) is 11.8. The number of nitrogens with one attached hydrogen (secondary N) is 1. The van der Waals surface area contributed by atoms with Crippen LogP contribution < -0.4 is 19.5 Å². The molecule has 2 aliphatic heterocycles. The number of carbonyl (C=O) groups is 1. The third-order valence-electron chi connectivity index (χ3n) is 8.05. The molecular weight excluding hydrogens is 520 g/mol. The van der Waals surface area contributed by atoms with Crippen molar-refractivity contribution in [3.8, 4) is 34.6 Å². The Balaban J connectivity index is 1.24. The second-order valence-electron chi connectivity index (χ2n) is 10.7. The summed E-state index contributed by atoms with van der Waals surface area (Å²) in [6.45, 7) is -2.29. The lowest BCUT2D eigenvalue weighted by atomic mass is 9.99. The van der Waals surface area contributed by atoms with Crippen molar-refractivity contribution < 1.29 is 27.8 Å². The topological polar surface area (TPSA) is 101 Å². The number of nitriles is 1. The minimum Gasteiger partial charge on any atom is -0.496 e. The first-order valence-corrected chi connectivity index (χ1v) is 13.7. The van der Waals surface area contributed by atoms with E-state index in [-0.39, 0.29) is 29.2 Å². The van der Waals surface area contributed by atoms with Crippen LogP contribution in [0.5, 0.6) is 17.2 Å². The summed E-state index contributed by atoms with van der Waals surface area (Å²) in [4.78, 5) is 19.8. The molecule has 1 amide bonds. The molecule has 0 unspecified atom stereocenters. The van der Waals surface area contributed by atoms with Crippen LogP contribution in [0.25, 0.3) is 16.9 Å². The lowest BCUT2D eigenvalue weighted by Gasteiger charge is -2.38. The summed E-state index contributed by atoms with van der Waals surface area (Å²) in [5.41, 5.74) is 1.71. The number of imidazole rings is 1. The molecule has 3 aliphatic rings. The van der Waals surface area contributed by atoms with E-state index in [0.717, 1.165) is 45.1 Å². The summed E-state index contributed by atoms with van der Waals surface area (Å²) in [6, 6.07) is 9.97. The summed E-state index contributed by atoms with van der Waals surface area (Å²) >= 11 is 0. The van der Waals surface area contributed by atoms with Gasteiger partial charge in [-0.1, -0.05) is 0 Å². The Morgan fingerprint density at radius 3 is 2.60 bits per heavy atom. The van der Waals surface area contributed by atoms with Crippen molar-refractivity contribution in [2.75, 3.05) is 13.7 Å². The van der Waals surface area contributed by atoms with E-state index >= 15 is 0 Å². The molecule has 1 saturated carbocycles. The highest BCUT2D eigenvalue weighted by Crippen LogP contribution is 2.39. The monoisotopic (exact) mass is 551 g/mol. The number of pyridine rings is 1. The van der Waals surface area contributed by atoms with Gasteiger partial charge in [0, 0.05) is 48.9 Å². The molecule has 2 saturated heterocycles. The molecule has 1 aromatic carbocycles. The summed E-state index contributed by atoms with van der Waals surface area (Å²) in [5.74, 6) is 0.0850. The number of alkyl halides is 2. The molecule has 1 aliphatic carbocycles. The van der Waals surface area contributed by atoms with E-state index in [1.165, 1.54) is 13.2 Å². The Morgan fingerprint density at radius 2 is 1.93 bits per heavy atom. The number of rotatable bonds is 10. The first-order chi connectivity index (χ1) is 19.4. The smallest absolute Gasteiger partial charge is 0.387 e. The van der Waals surface area contributed by atoms with Crippen LogP contribution in [0.1, 0.15) is 55.3 Å². The number of fused-ring (bicyclic) bond motifs is 3. The van der Waals surface area contributed by atoms with Gasteiger partial charge >= 0.3 is 6.61 Å². The molecule has 9 nitrogen and oxygen atoms in total. The predicted molar refractivity (Wildman–Crippen MR) is 142 cm³/mol. The quantitative estimate of drug-likeness (QED) is 0.387. The van der Waals surface area contributed by atoms with Gasteiger partial charge < -0.3 is 19.5 Å². The molecule has 40 heavy (non-hydrogen) atoms. The molecule has 4 heterocycles. The third-order valence-corrected chi connectivity index (χ3v) is 8.05. The summed E-state index contributed by atoms with van der Waals surface area (Å²) in [7, 11) is 1.39. The van der Waals surface area contributed by atoms with E-state index in [2.05, 4.69) is 21.3 Å². The number of hydrogen-bond donors (Lipinski definition) is 1. The third kappa shape index (κ3) is 5.28. The second-order valence-corrected chi connectivity index (χ2v) is 10.7. The fourth-order valence-corrected chi connectivity index (χ4v) is 6.10. The number of benzene rings is 1. The molecule has 210 valence electrons. The first-order valence-electron chi connectivity index (χ1n) is 13.7. The Kier molecular flexibility index (Phi) is 7.19. The largest absolute Gasteiger partial charge is 0.496 e. The zero-order valence-electron chi connectivity index (χ0n) is 22.2. The maximum atomic E-state index is 13.3. The predicted octanol–water partition coefficient (Wildman–Crippen LogP) is 4.79. The van der Waals surface area contributed by atoms with Crippen LogP contribution in [-0.2, 0) is 0 Å². The molecule has 0 spiro atoms. The van der Waals surface area contributed by atoms with Crippen LogP contribution in [0.3, 0.4) is 0 Å². The summed E-state index contributed by atoms with van der Waals surface area (Å²) < 4.78 is 45.1. The van der Waals surface area contributed by atoms with Gasteiger partial charge in [-0.05, 0) is 56.7 Å². The van der Waals surface area contributed by atoms with Crippen molar-refractivity contribution >= 4 is 11.6 Å². The maximum Gasteiger partial charge on any atom is 0.387 e. The van der Waals surface area contributed by atoms with Crippen molar-refractivity contribution in [2.45, 2.75) is 75.8 Å². The Morgan fingerprint density at radius 1 is 1.18 bits per heavy atom. The molecule has 2 bridgehead atoms. The van der Waals surface area contributed by atoms with Gasteiger partial charge in [-0.3, -0.25) is 14.1 Å². The number of halogens is 2.